The van der Waals surface area contributed by atoms with Gasteiger partial charge in [0.2, 0.25) is 0 Å². The van der Waals surface area contributed by atoms with Crippen LogP contribution in [0.1, 0.15) is 24.6 Å². The smallest absolute Gasteiger partial charge is 0.0649 e. The summed E-state index contributed by atoms with van der Waals surface area (Å²) in [5.41, 5.74) is 5.92. The highest BCUT2D eigenvalue weighted by Gasteiger charge is 2.15. The molecule has 0 amide bonds. The SMILES string of the molecule is Cc1cnn2c1CCC(C)N2. The van der Waals surface area contributed by atoms with E-state index in [1.165, 1.54) is 17.7 Å². The summed E-state index contributed by atoms with van der Waals surface area (Å²) in [4.78, 5) is 1.91. The molecule has 0 aromatic carbocycles. The highest BCUT2D eigenvalue weighted by atomic mass is 15.6. The first kappa shape index (κ1) is 6.70. The zero-order valence-corrected chi connectivity index (χ0v) is 6.96. The standard InChI is InChI=1S/C8H13N3/c1-6-5-9-11-8(6)4-3-7(2)10-11/h5,7,10H,3-4H2,1-2H3. The summed E-state index contributed by atoms with van der Waals surface area (Å²) in [5, 5.41) is 4.21. The molecule has 60 valence electrons. The van der Waals surface area contributed by atoms with E-state index in [0.717, 1.165) is 6.42 Å². The van der Waals surface area contributed by atoms with Gasteiger partial charge in [0, 0.05) is 6.04 Å². The Bertz CT molecular complexity index is 264. The Morgan fingerprint density at radius 1 is 1.73 bits per heavy atom. The van der Waals surface area contributed by atoms with Crippen molar-refractivity contribution in [2.75, 3.05) is 5.43 Å². The maximum absolute atomic E-state index is 4.21. The monoisotopic (exact) mass is 151 g/mol. The molecule has 1 aromatic heterocycles. The van der Waals surface area contributed by atoms with Crippen LogP contribution in [-0.4, -0.2) is 15.9 Å². The Hall–Kier alpha value is -0.990. The summed E-state index contributed by atoms with van der Waals surface area (Å²) >= 11 is 0. The van der Waals surface area contributed by atoms with Crippen molar-refractivity contribution in [2.24, 2.45) is 0 Å². The fourth-order valence-electron chi connectivity index (χ4n) is 1.50. The van der Waals surface area contributed by atoms with Crippen molar-refractivity contribution in [3.63, 3.8) is 0 Å². The largest absolute Gasteiger partial charge is 0.307 e. The second kappa shape index (κ2) is 2.26. The Balaban J connectivity index is 2.36. The first-order valence-electron chi connectivity index (χ1n) is 4.07. The Morgan fingerprint density at radius 2 is 2.55 bits per heavy atom. The second-order valence-electron chi connectivity index (χ2n) is 3.25. The molecule has 0 fully saturated rings. The highest BCUT2D eigenvalue weighted by Crippen LogP contribution is 2.14. The molecule has 1 aromatic rings. The maximum atomic E-state index is 4.21. The minimum atomic E-state index is 0.557. The minimum Gasteiger partial charge on any atom is -0.307 e. The normalized spacial score (nSPS) is 22.5. The van der Waals surface area contributed by atoms with E-state index in [9.17, 15) is 0 Å². The summed E-state index contributed by atoms with van der Waals surface area (Å²) < 4.78 is 0. The number of hydrogen-bond donors (Lipinski definition) is 1. The molecule has 0 spiro atoms. The van der Waals surface area contributed by atoms with E-state index in [-0.39, 0.29) is 0 Å². The average Bonchev–Trinajstić information content (AvgIpc) is 2.32. The topological polar surface area (TPSA) is 29.9 Å². The van der Waals surface area contributed by atoms with Gasteiger partial charge in [-0.3, -0.25) is 0 Å². The molecule has 2 heterocycles. The maximum Gasteiger partial charge on any atom is 0.0649 e. The number of fused-ring (bicyclic) bond motifs is 1. The van der Waals surface area contributed by atoms with E-state index >= 15 is 0 Å². The van der Waals surface area contributed by atoms with Crippen molar-refractivity contribution in [1.29, 1.82) is 0 Å². The van der Waals surface area contributed by atoms with Gasteiger partial charge >= 0.3 is 0 Å². The Morgan fingerprint density at radius 3 is 3.36 bits per heavy atom. The third kappa shape index (κ3) is 1.00. The van der Waals surface area contributed by atoms with E-state index in [1.807, 2.05) is 11.0 Å². The quantitative estimate of drug-likeness (QED) is 0.601. The van der Waals surface area contributed by atoms with Crippen molar-refractivity contribution in [1.82, 2.24) is 9.89 Å². The van der Waals surface area contributed by atoms with Crippen LogP contribution in [0.4, 0.5) is 0 Å². The number of hydrogen-bond acceptors (Lipinski definition) is 2. The van der Waals surface area contributed by atoms with Crippen molar-refractivity contribution >= 4 is 0 Å². The Kier molecular flexibility index (Phi) is 1.37. The summed E-state index contributed by atoms with van der Waals surface area (Å²) in [6.07, 6.45) is 4.28. The molecule has 1 unspecified atom stereocenters. The van der Waals surface area contributed by atoms with Crippen LogP contribution in [0.5, 0.6) is 0 Å². The highest BCUT2D eigenvalue weighted by molar-refractivity contribution is 5.19. The molecule has 0 saturated carbocycles. The molecular formula is C8H13N3. The minimum absolute atomic E-state index is 0.557. The number of aromatic nitrogens is 2. The fraction of sp³-hybridized carbons (Fsp3) is 0.625. The number of aryl methyl sites for hydroxylation is 1. The van der Waals surface area contributed by atoms with Crippen LogP contribution in [0.2, 0.25) is 0 Å². The van der Waals surface area contributed by atoms with Gasteiger partial charge < -0.3 is 5.43 Å². The van der Waals surface area contributed by atoms with Crippen LogP contribution < -0.4 is 5.43 Å². The van der Waals surface area contributed by atoms with Crippen molar-refractivity contribution in [2.45, 2.75) is 32.7 Å². The molecule has 0 aliphatic carbocycles. The zero-order chi connectivity index (χ0) is 7.84. The molecule has 11 heavy (non-hydrogen) atoms. The molecular weight excluding hydrogens is 138 g/mol. The van der Waals surface area contributed by atoms with E-state index in [1.54, 1.807) is 0 Å². The van der Waals surface area contributed by atoms with Crippen LogP contribution in [0.15, 0.2) is 6.20 Å². The summed E-state index contributed by atoms with van der Waals surface area (Å²) in [5.74, 6) is 0. The summed E-state index contributed by atoms with van der Waals surface area (Å²) in [7, 11) is 0. The van der Waals surface area contributed by atoms with Crippen LogP contribution in [-0.2, 0) is 6.42 Å². The van der Waals surface area contributed by atoms with Gasteiger partial charge in [-0.25, -0.2) is 0 Å². The van der Waals surface area contributed by atoms with Crippen LogP contribution in [0, 0.1) is 6.92 Å². The first-order chi connectivity index (χ1) is 5.27. The third-order valence-corrected chi connectivity index (χ3v) is 2.23. The van der Waals surface area contributed by atoms with Gasteiger partial charge in [0.05, 0.1) is 11.9 Å². The third-order valence-electron chi connectivity index (χ3n) is 2.23. The van der Waals surface area contributed by atoms with Gasteiger partial charge in [-0.15, -0.1) is 0 Å². The average molecular weight is 151 g/mol. The zero-order valence-electron chi connectivity index (χ0n) is 6.96. The van der Waals surface area contributed by atoms with E-state index in [4.69, 9.17) is 0 Å². The molecule has 0 bridgehead atoms. The lowest BCUT2D eigenvalue weighted by atomic mass is 10.1. The van der Waals surface area contributed by atoms with Crippen molar-refractivity contribution in [3.8, 4) is 0 Å². The summed E-state index contributed by atoms with van der Waals surface area (Å²) in [6.45, 7) is 4.29. The predicted molar refractivity (Wildman–Crippen MR) is 44.1 cm³/mol. The van der Waals surface area contributed by atoms with Crippen LogP contribution in [0.3, 0.4) is 0 Å². The molecule has 1 N–H and O–H groups in total. The molecule has 3 nitrogen and oxygen atoms in total. The lowest BCUT2D eigenvalue weighted by Crippen LogP contribution is -2.32. The van der Waals surface area contributed by atoms with Crippen molar-refractivity contribution < 1.29 is 0 Å². The van der Waals surface area contributed by atoms with E-state index in [0.29, 0.717) is 6.04 Å². The van der Waals surface area contributed by atoms with Gasteiger partial charge in [-0.2, -0.15) is 9.89 Å². The molecule has 0 radical (unpaired) electrons. The van der Waals surface area contributed by atoms with Crippen molar-refractivity contribution in [3.05, 3.63) is 17.5 Å². The summed E-state index contributed by atoms with van der Waals surface area (Å²) in [6, 6.07) is 0.557. The van der Waals surface area contributed by atoms with Crippen LogP contribution >= 0.6 is 0 Å². The fourth-order valence-corrected chi connectivity index (χ4v) is 1.50. The van der Waals surface area contributed by atoms with Gasteiger partial charge in [-0.05, 0) is 32.3 Å². The number of nitrogens with zero attached hydrogens (tertiary/aromatic N) is 2. The van der Waals surface area contributed by atoms with Gasteiger partial charge in [0.1, 0.15) is 0 Å². The lowest BCUT2D eigenvalue weighted by Gasteiger charge is -2.22. The number of rotatable bonds is 0. The van der Waals surface area contributed by atoms with Gasteiger partial charge in [0.15, 0.2) is 0 Å². The molecule has 3 heteroatoms. The molecule has 1 aliphatic rings. The van der Waals surface area contributed by atoms with Gasteiger partial charge in [0.25, 0.3) is 0 Å². The molecule has 1 atom stereocenters. The first-order valence-corrected chi connectivity index (χ1v) is 4.07. The van der Waals surface area contributed by atoms with Gasteiger partial charge in [-0.1, -0.05) is 0 Å². The lowest BCUT2D eigenvalue weighted by molar-refractivity contribution is 0.523. The molecule has 0 saturated heterocycles. The van der Waals surface area contributed by atoms with E-state index < -0.39 is 0 Å². The number of nitrogens with one attached hydrogen (secondary N) is 1. The second-order valence-corrected chi connectivity index (χ2v) is 3.25. The predicted octanol–water partition coefficient (Wildman–Crippen LogP) is 1.07. The van der Waals surface area contributed by atoms with Crippen LogP contribution in [0.25, 0.3) is 0 Å². The van der Waals surface area contributed by atoms with E-state index in [2.05, 4.69) is 24.4 Å². The Labute approximate surface area is 66.4 Å². The molecule has 1 aliphatic heterocycles. The molecule has 2 rings (SSSR count).